The van der Waals surface area contributed by atoms with E-state index in [1.165, 1.54) is 12.1 Å². The number of carboxylic acids is 1. The molecule has 2 aliphatic rings. The van der Waals surface area contributed by atoms with Crippen molar-refractivity contribution in [2.45, 2.75) is 25.7 Å². The van der Waals surface area contributed by atoms with E-state index in [9.17, 15) is 14.4 Å². The smallest absolute Gasteiger partial charge is 0.335 e. The maximum atomic E-state index is 12.5. The Morgan fingerprint density at radius 3 is 2.48 bits per heavy atom. The number of piperidine rings is 1. The molecule has 1 unspecified atom stereocenters. The van der Waals surface area contributed by atoms with Gasteiger partial charge in [0, 0.05) is 31.9 Å². The first-order valence-electron chi connectivity index (χ1n) is 8.72. The number of carbonyl (C=O) groups excluding carboxylic acids is 2. The first-order valence-corrected chi connectivity index (χ1v) is 8.72. The number of benzene rings is 1. The molecule has 25 heavy (non-hydrogen) atoms. The zero-order valence-corrected chi connectivity index (χ0v) is 14.1. The molecule has 2 saturated heterocycles. The third kappa shape index (κ3) is 4.10. The maximum absolute atomic E-state index is 12.5. The number of urea groups is 1. The summed E-state index contributed by atoms with van der Waals surface area (Å²) >= 11 is 0. The van der Waals surface area contributed by atoms with Gasteiger partial charge >= 0.3 is 12.0 Å². The quantitative estimate of drug-likeness (QED) is 0.879. The van der Waals surface area contributed by atoms with Crippen LogP contribution in [0.3, 0.4) is 0 Å². The first kappa shape index (κ1) is 17.3. The van der Waals surface area contributed by atoms with E-state index in [2.05, 4.69) is 5.32 Å². The molecular weight excluding hydrogens is 322 g/mol. The lowest BCUT2D eigenvalue weighted by Gasteiger charge is -2.34. The van der Waals surface area contributed by atoms with Crippen LogP contribution in [0.5, 0.6) is 0 Å². The Balaban J connectivity index is 1.61. The summed E-state index contributed by atoms with van der Waals surface area (Å²) < 4.78 is 0. The number of hydrogen-bond donors (Lipinski definition) is 2. The number of aromatic carboxylic acids is 1. The molecule has 1 aromatic rings. The van der Waals surface area contributed by atoms with Crippen LogP contribution in [0.1, 0.15) is 36.0 Å². The third-order valence-corrected chi connectivity index (χ3v) is 4.82. The van der Waals surface area contributed by atoms with Gasteiger partial charge in [0.05, 0.1) is 11.5 Å². The predicted octanol–water partition coefficient (Wildman–Crippen LogP) is 2.25. The number of amides is 3. The molecule has 2 N–H and O–H groups in total. The summed E-state index contributed by atoms with van der Waals surface area (Å²) in [5.41, 5.74) is 0.597. The lowest BCUT2D eigenvalue weighted by Crippen LogP contribution is -2.48. The molecule has 134 valence electrons. The highest BCUT2D eigenvalue weighted by Crippen LogP contribution is 2.21. The maximum Gasteiger partial charge on any atom is 0.335 e. The van der Waals surface area contributed by atoms with E-state index in [4.69, 9.17) is 5.11 Å². The van der Waals surface area contributed by atoms with Gasteiger partial charge < -0.3 is 20.2 Å². The Labute approximate surface area is 146 Å². The lowest BCUT2D eigenvalue weighted by molar-refractivity contribution is -0.121. The van der Waals surface area contributed by atoms with Crippen LogP contribution in [0.15, 0.2) is 24.3 Å². The standard InChI is InChI=1S/C18H23N3O4/c22-16(19-15-7-3-5-13(11-15)17(23)24)14-6-4-10-21(12-14)18(25)20-8-1-2-9-20/h3,5,7,11,14H,1-2,4,6,8-10,12H2,(H,19,22)(H,23,24). The number of likely N-dealkylation sites (tertiary alicyclic amines) is 2. The minimum absolute atomic E-state index is 0.0304. The molecule has 2 heterocycles. The van der Waals surface area contributed by atoms with Gasteiger partial charge in [-0.1, -0.05) is 6.07 Å². The fraction of sp³-hybridized carbons (Fsp3) is 0.500. The van der Waals surface area contributed by atoms with Crippen molar-refractivity contribution in [2.24, 2.45) is 5.92 Å². The summed E-state index contributed by atoms with van der Waals surface area (Å²) in [6, 6.07) is 6.22. The van der Waals surface area contributed by atoms with Crippen LogP contribution in [-0.2, 0) is 4.79 Å². The summed E-state index contributed by atoms with van der Waals surface area (Å²) in [6.07, 6.45) is 3.62. The Hall–Kier alpha value is -2.57. The minimum Gasteiger partial charge on any atom is -0.478 e. The normalized spacial score (nSPS) is 20.4. The van der Waals surface area contributed by atoms with Crippen LogP contribution in [0.4, 0.5) is 10.5 Å². The Morgan fingerprint density at radius 2 is 1.76 bits per heavy atom. The van der Waals surface area contributed by atoms with Gasteiger partial charge in [-0.15, -0.1) is 0 Å². The summed E-state index contributed by atoms with van der Waals surface area (Å²) in [5, 5.41) is 11.8. The molecule has 7 heteroatoms. The fourth-order valence-electron chi connectivity index (χ4n) is 3.45. The Morgan fingerprint density at radius 1 is 1.04 bits per heavy atom. The van der Waals surface area contributed by atoms with Crippen molar-refractivity contribution in [3.8, 4) is 0 Å². The molecular formula is C18H23N3O4. The highest BCUT2D eigenvalue weighted by molar-refractivity contribution is 5.95. The molecule has 0 aliphatic carbocycles. The zero-order valence-electron chi connectivity index (χ0n) is 14.1. The lowest BCUT2D eigenvalue weighted by atomic mass is 9.97. The third-order valence-electron chi connectivity index (χ3n) is 4.82. The molecule has 7 nitrogen and oxygen atoms in total. The van der Waals surface area contributed by atoms with E-state index in [1.807, 2.05) is 4.90 Å². The van der Waals surface area contributed by atoms with Crippen LogP contribution < -0.4 is 5.32 Å². The molecule has 3 rings (SSSR count). The molecule has 0 spiro atoms. The second-order valence-electron chi connectivity index (χ2n) is 6.64. The second-order valence-corrected chi connectivity index (χ2v) is 6.64. The van der Waals surface area contributed by atoms with Gasteiger partial charge in [0.1, 0.15) is 0 Å². The minimum atomic E-state index is -1.03. The van der Waals surface area contributed by atoms with Crippen molar-refractivity contribution in [3.05, 3.63) is 29.8 Å². The van der Waals surface area contributed by atoms with Gasteiger partial charge in [0.15, 0.2) is 0 Å². The summed E-state index contributed by atoms with van der Waals surface area (Å²) in [4.78, 5) is 39.7. The van der Waals surface area contributed by atoms with Gasteiger partial charge in [-0.3, -0.25) is 4.79 Å². The van der Waals surface area contributed by atoms with E-state index >= 15 is 0 Å². The average Bonchev–Trinajstić information content (AvgIpc) is 3.16. The van der Waals surface area contributed by atoms with E-state index in [0.29, 0.717) is 18.8 Å². The van der Waals surface area contributed by atoms with E-state index in [-0.39, 0.29) is 23.4 Å². The molecule has 1 aromatic carbocycles. The van der Waals surface area contributed by atoms with Gasteiger partial charge in [-0.25, -0.2) is 9.59 Å². The van der Waals surface area contributed by atoms with E-state index in [1.54, 1.807) is 17.0 Å². The van der Waals surface area contributed by atoms with Crippen molar-refractivity contribution in [1.29, 1.82) is 0 Å². The molecule has 0 aromatic heterocycles. The Bertz CT molecular complexity index is 670. The predicted molar refractivity (Wildman–Crippen MR) is 92.5 cm³/mol. The van der Waals surface area contributed by atoms with Crippen LogP contribution in [0.2, 0.25) is 0 Å². The van der Waals surface area contributed by atoms with Gasteiger partial charge in [-0.2, -0.15) is 0 Å². The number of hydrogen-bond acceptors (Lipinski definition) is 3. The highest BCUT2D eigenvalue weighted by Gasteiger charge is 2.31. The van der Waals surface area contributed by atoms with E-state index in [0.717, 1.165) is 38.8 Å². The number of nitrogens with zero attached hydrogens (tertiary/aromatic N) is 2. The summed E-state index contributed by atoms with van der Waals surface area (Å²) in [6.45, 7) is 2.70. The summed E-state index contributed by atoms with van der Waals surface area (Å²) in [5.74, 6) is -1.47. The zero-order chi connectivity index (χ0) is 17.8. The molecule has 0 radical (unpaired) electrons. The number of carboxylic acid groups (broad SMARTS) is 1. The molecule has 0 saturated carbocycles. The van der Waals surface area contributed by atoms with Gasteiger partial charge in [-0.05, 0) is 43.9 Å². The molecule has 0 bridgehead atoms. The number of nitrogens with one attached hydrogen (secondary N) is 1. The SMILES string of the molecule is O=C(O)c1cccc(NC(=O)C2CCCN(C(=O)N3CCCC3)C2)c1. The highest BCUT2D eigenvalue weighted by atomic mass is 16.4. The van der Waals surface area contributed by atoms with Crippen LogP contribution >= 0.6 is 0 Å². The van der Waals surface area contributed by atoms with E-state index < -0.39 is 5.97 Å². The summed E-state index contributed by atoms with van der Waals surface area (Å²) in [7, 11) is 0. The van der Waals surface area contributed by atoms with Crippen LogP contribution in [0.25, 0.3) is 0 Å². The monoisotopic (exact) mass is 345 g/mol. The van der Waals surface area contributed by atoms with Gasteiger partial charge in [0.25, 0.3) is 0 Å². The number of rotatable bonds is 3. The first-order chi connectivity index (χ1) is 12.0. The van der Waals surface area contributed by atoms with Crippen molar-refractivity contribution < 1.29 is 19.5 Å². The van der Waals surface area contributed by atoms with Crippen molar-refractivity contribution in [2.75, 3.05) is 31.5 Å². The molecule has 3 amide bonds. The average molecular weight is 345 g/mol. The number of carbonyl (C=O) groups is 3. The molecule has 1 atom stereocenters. The fourth-order valence-corrected chi connectivity index (χ4v) is 3.45. The second kappa shape index (κ2) is 7.55. The van der Waals surface area contributed by atoms with Gasteiger partial charge in [0.2, 0.25) is 5.91 Å². The topological polar surface area (TPSA) is 90.0 Å². The largest absolute Gasteiger partial charge is 0.478 e. The Kier molecular flexibility index (Phi) is 5.21. The molecule has 2 fully saturated rings. The molecule has 2 aliphatic heterocycles. The van der Waals surface area contributed by atoms with Crippen molar-refractivity contribution in [1.82, 2.24) is 9.80 Å². The van der Waals surface area contributed by atoms with Crippen LogP contribution in [0, 0.1) is 5.92 Å². The van der Waals surface area contributed by atoms with Crippen LogP contribution in [-0.4, -0.2) is 59.0 Å². The van der Waals surface area contributed by atoms with Crippen molar-refractivity contribution in [3.63, 3.8) is 0 Å². The van der Waals surface area contributed by atoms with Crippen molar-refractivity contribution >= 4 is 23.6 Å². The number of anilines is 1.